The van der Waals surface area contributed by atoms with Crippen molar-refractivity contribution in [2.75, 3.05) is 19.6 Å². The Hall–Kier alpha value is -0.830. The zero-order valence-electron chi connectivity index (χ0n) is 11.7. The summed E-state index contributed by atoms with van der Waals surface area (Å²) in [5.74, 6) is 0.0320. The number of hydrogen-bond donors (Lipinski definition) is 0. The molecule has 0 saturated heterocycles. The lowest BCUT2D eigenvalue weighted by Crippen LogP contribution is -3.00. The molecule has 4 heteroatoms. The van der Waals surface area contributed by atoms with Crippen molar-refractivity contribution in [1.82, 2.24) is 0 Å². The topological polar surface area (TPSA) is 17.1 Å². The van der Waals surface area contributed by atoms with Crippen molar-refractivity contribution in [2.24, 2.45) is 0 Å². The van der Waals surface area contributed by atoms with Crippen LogP contribution in [-0.4, -0.2) is 29.9 Å². The summed E-state index contributed by atoms with van der Waals surface area (Å²) in [6, 6.07) is 7.00. The van der Waals surface area contributed by atoms with Crippen molar-refractivity contribution < 1.29 is 21.7 Å². The molecule has 106 valence electrons. The summed E-state index contributed by atoms with van der Waals surface area (Å²) < 4.78 is 0.833. The van der Waals surface area contributed by atoms with Crippen LogP contribution in [0.1, 0.15) is 31.1 Å². The number of rotatable bonds is 6. The van der Waals surface area contributed by atoms with E-state index in [1.54, 1.807) is 30.3 Å². The van der Waals surface area contributed by atoms with Gasteiger partial charge in [-0.3, -0.25) is 9.28 Å². The van der Waals surface area contributed by atoms with Gasteiger partial charge in [0, 0.05) is 16.7 Å². The fourth-order valence-corrected chi connectivity index (χ4v) is 2.05. The number of carbonyl (C=O) groups is 1. The summed E-state index contributed by atoms with van der Waals surface area (Å²) >= 11 is 5.80. The molecule has 0 aromatic heterocycles. The van der Waals surface area contributed by atoms with E-state index in [-0.39, 0.29) is 18.2 Å². The molecule has 0 saturated carbocycles. The van der Waals surface area contributed by atoms with E-state index in [2.05, 4.69) is 20.8 Å². The molecule has 0 N–H and O–H groups in total. The van der Waals surface area contributed by atoms with E-state index in [0.29, 0.717) is 10.6 Å². The van der Waals surface area contributed by atoms with Crippen LogP contribution < -0.4 is 12.4 Å². The number of hydrogen-bond acceptors (Lipinski definition) is 1. The molecule has 19 heavy (non-hydrogen) atoms. The number of quaternary nitrogens is 1. The van der Waals surface area contributed by atoms with Crippen LogP contribution in [0.5, 0.6) is 0 Å². The van der Waals surface area contributed by atoms with Crippen molar-refractivity contribution >= 4 is 17.4 Å². The monoisotopic (exact) mass is 301 g/mol. The van der Waals surface area contributed by atoms with Gasteiger partial charge in [0.05, 0.1) is 25.8 Å². The first kappa shape index (κ1) is 18.2. The summed E-state index contributed by atoms with van der Waals surface area (Å²) in [4.78, 5) is 12.0. The van der Waals surface area contributed by atoms with Gasteiger partial charge in [0.15, 0.2) is 5.78 Å². The molecule has 1 rings (SSSR count). The molecule has 2 nitrogen and oxygen atoms in total. The van der Waals surface area contributed by atoms with Crippen LogP contribution in [0.25, 0.3) is 0 Å². The molecule has 0 unspecified atom stereocenters. The third-order valence-corrected chi connectivity index (χ3v) is 3.81. The highest BCUT2D eigenvalue weighted by molar-refractivity contribution is 6.30. The summed E-state index contributed by atoms with van der Waals surface area (Å²) in [5, 5.41) is 0.649. The van der Waals surface area contributed by atoms with E-state index in [0.717, 1.165) is 24.1 Å². The molecule has 0 aliphatic carbocycles. The molecular formula is C15H21Cl2NO. The Morgan fingerprint density at radius 1 is 1.11 bits per heavy atom. The van der Waals surface area contributed by atoms with Crippen LogP contribution in [0.3, 0.4) is 0 Å². The standard InChI is InChI=1S/C15H21ClNO.ClH/c1-4-17(5-2,6-3)12-11-15(18)13-7-9-14(16)10-8-13;/h7-12H,4-6H2,1-3H3;1H/q+1;/p-1. The molecule has 0 aliphatic heterocycles. The Morgan fingerprint density at radius 3 is 2.00 bits per heavy atom. The second-order valence-corrected chi connectivity index (χ2v) is 4.79. The van der Waals surface area contributed by atoms with Gasteiger partial charge in [-0.05, 0) is 45.0 Å². The molecule has 0 fully saturated rings. The zero-order chi connectivity index (χ0) is 13.6. The van der Waals surface area contributed by atoms with Crippen molar-refractivity contribution in [3.8, 4) is 0 Å². The predicted molar refractivity (Wildman–Crippen MR) is 76.8 cm³/mol. The number of nitrogens with zero attached hydrogens (tertiary/aromatic N) is 1. The highest BCUT2D eigenvalue weighted by Crippen LogP contribution is 2.12. The number of halogens is 2. The number of benzene rings is 1. The second-order valence-electron chi connectivity index (χ2n) is 4.35. The number of ketones is 1. The van der Waals surface area contributed by atoms with Crippen molar-refractivity contribution in [1.29, 1.82) is 0 Å². The second kappa shape index (κ2) is 8.36. The maximum Gasteiger partial charge on any atom is 0.191 e. The highest BCUT2D eigenvalue weighted by Gasteiger charge is 2.17. The maximum absolute atomic E-state index is 12.0. The third-order valence-electron chi connectivity index (χ3n) is 3.56. The fourth-order valence-electron chi connectivity index (χ4n) is 1.92. The molecule has 0 radical (unpaired) electrons. The van der Waals surface area contributed by atoms with Crippen LogP contribution in [0.4, 0.5) is 0 Å². The van der Waals surface area contributed by atoms with Crippen LogP contribution in [0, 0.1) is 0 Å². The lowest BCUT2D eigenvalue weighted by Gasteiger charge is -2.31. The minimum Gasteiger partial charge on any atom is -1.00 e. The first-order chi connectivity index (χ1) is 8.56. The Kier molecular flexibility index (Phi) is 8.00. The van der Waals surface area contributed by atoms with Crippen molar-refractivity contribution in [2.45, 2.75) is 20.8 Å². The molecule has 0 aliphatic rings. The van der Waals surface area contributed by atoms with Crippen LogP contribution in [0.15, 0.2) is 36.5 Å². The van der Waals surface area contributed by atoms with Gasteiger partial charge in [-0.25, -0.2) is 0 Å². The van der Waals surface area contributed by atoms with Crippen LogP contribution in [0.2, 0.25) is 5.02 Å². The summed E-state index contributed by atoms with van der Waals surface area (Å²) in [6.07, 6.45) is 3.69. The summed E-state index contributed by atoms with van der Waals surface area (Å²) in [5.41, 5.74) is 0.678. The van der Waals surface area contributed by atoms with E-state index in [9.17, 15) is 4.79 Å². The lowest BCUT2D eigenvalue weighted by molar-refractivity contribution is -0.874. The van der Waals surface area contributed by atoms with Gasteiger partial charge >= 0.3 is 0 Å². The Morgan fingerprint density at radius 2 is 1.58 bits per heavy atom. The van der Waals surface area contributed by atoms with Crippen LogP contribution in [-0.2, 0) is 0 Å². The smallest absolute Gasteiger partial charge is 0.191 e. The van der Waals surface area contributed by atoms with E-state index in [4.69, 9.17) is 11.6 Å². The summed E-state index contributed by atoms with van der Waals surface area (Å²) in [7, 11) is 0. The van der Waals surface area contributed by atoms with E-state index < -0.39 is 0 Å². The first-order valence-electron chi connectivity index (χ1n) is 6.41. The predicted octanol–water partition coefficient (Wildman–Crippen LogP) is 0.917. The van der Waals surface area contributed by atoms with E-state index >= 15 is 0 Å². The highest BCUT2D eigenvalue weighted by atomic mass is 35.5. The third kappa shape index (κ3) is 4.98. The van der Waals surface area contributed by atoms with Gasteiger partial charge in [-0.2, -0.15) is 0 Å². The molecule has 1 aromatic carbocycles. The first-order valence-corrected chi connectivity index (χ1v) is 6.79. The average Bonchev–Trinajstić information content (AvgIpc) is 2.41. The Labute approximate surface area is 127 Å². The van der Waals surface area contributed by atoms with Gasteiger partial charge in [0.1, 0.15) is 0 Å². The van der Waals surface area contributed by atoms with E-state index in [1.165, 1.54) is 0 Å². The Bertz CT molecular complexity index is 414. The van der Waals surface area contributed by atoms with Crippen LogP contribution >= 0.6 is 11.6 Å². The van der Waals surface area contributed by atoms with Gasteiger partial charge in [0.25, 0.3) is 0 Å². The average molecular weight is 302 g/mol. The zero-order valence-corrected chi connectivity index (χ0v) is 13.2. The number of carbonyl (C=O) groups excluding carboxylic acids is 1. The molecular weight excluding hydrogens is 281 g/mol. The summed E-state index contributed by atoms with van der Waals surface area (Å²) in [6.45, 7) is 9.42. The molecule has 0 heterocycles. The van der Waals surface area contributed by atoms with Gasteiger partial charge in [0.2, 0.25) is 0 Å². The van der Waals surface area contributed by atoms with Crippen molar-refractivity contribution in [3.05, 3.63) is 47.1 Å². The van der Waals surface area contributed by atoms with Gasteiger partial charge < -0.3 is 12.4 Å². The SMILES string of the molecule is CC[N+](C=CC(=O)c1ccc(Cl)cc1)(CC)CC.[Cl-]. The maximum atomic E-state index is 12.0. The van der Waals surface area contributed by atoms with Gasteiger partial charge in [-0.1, -0.05) is 11.6 Å². The molecule has 0 amide bonds. The molecule has 1 aromatic rings. The van der Waals surface area contributed by atoms with Gasteiger partial charge in [-0.15, -0.1) is 0 Å². The lowest BCUT2D eigenvalue weighted by atomic mass is 10.1. The molecule has 0 spiro atoms. The quantitative estimate of drug-likeness (QED) is 0.434. The molecule has 0 bridgehead atoms. The van der Waals surface area contributed by atoms with E-state index in [1.807, 2.05) is 6.20 Å². The largest absolute Gasteiger partial charge is 1.00 e. The van der Waals surface area contributed by atoms with Crippen molar-refractivity contribution in [3.63, 3.8) is 0 Å². The minimum atomic E-state index is 0. The normalized spacial score (nSPS) is 11.4. The molecule has 0 atom stereocenters. The minimum absolute atomic E-state index is 0. The fraction of sp³-hybridized carbons (Fsp3) is 0.400. The number of allylic oxidation sites excluding steroid dienone is 1. The Balaban J connectivity index is 0.00000324.